The van der Waals surface area contributed by atoms with E-state index < -0.39 is 92.8 Å². The van der Waals surface area contributed by atoms with Crippen LogP contribution in [0.2, 0.25) is 5.02 Å². The van der Waals surface area contributed by atoms with Crippen LogP contribution in [0.5, 0.6) is 0 Å². The first-order chi connectivity index (χ1) is 61.7. The van der Waals surface area contributed by atoms with Crippen molar-refractivity contribution in [1.82, 2.24) is 31.1 Å². The summed E-state index contributed by atoms with van der Waals surface area (Å²) in [6.45, 7) is 19.7. The van der Waals surface area contributed by atoms with Gasteiger partial charge in [0.1, 0.15) is 18.8 Å². The van der Waals surface area contributed by atoms with Crippen molar-refractivity contribution in [1.29, 1.82) is 0 Å². The second-order valence-electron chi connectivity index (χ2n) is 30.7. The van der Waals surface area contributed by atoms with Gasteiger partial charge in [0.15, 0.2) is 5.78 Å². The highest BCUT2D eigenvalue weighted by molar-refractivity contribution is 6.31. The number of piperidine rings is 1. The Balaban J connectivity index is 0.000000196. The second kappa shape index (κ2) is 46.6. The zero-order valence-corrected chi connectivity index (χ0v) is 74.6. The van der Waals surface area contributed by atoms with Crippen LogP contribution in [-0.2, 0) is 98.9 Å². The highest BCUT2D eigenvalue weighted by Gasteiger charge is 2.45. The molecule has 129 heavy (non-hydrogen) atoms. The molecule has 6 N–H and O–H groups in total. The third-order valence-corrected chi connectivity index (χ3v) is 22.2. The zero-order valence-electron chi connectivity index (χ0n) is 73.9. The standard InChI is InChI=1S/C28H31N3O6.C27H29N3O6.C20H25ClN2O5.C19H20N2O7/c1-18-24(27(32)36-3)26(21-11-7-12-22(15-21)31(34)35)25(19(2)29-18)28(33)37-23-13-8-14-30(17-23)16-20-9-5-4-6-10-20;1-17-23(26(31)35-3)25(20-10-7-11-21(14-20)30(33)34)24(18(2)28-17)27(32)36-22-12-13-29(16-22)15-19-8-5-4-6-9-19;1-4-28-20(25)18-15(11-27-10-9-22)23-12(2)16(19(24)26-3)17(18)13-7-5-6-8-14(13)21;1-10(22)9-28-19(24)16-12(3)20-11(2)15(18(23)27-4)17(16)13-7-5-6-8-14(13)21(25)26/h4-7,9-12,15,23,26,29H,8,13-14,16-17H2,1-3H3;4-11,14,22,25,28H,12-13,15-16H2,1-3H3;5-8,17,23H,4,9-11,22H2,1-3H3;5-8,17,20H,9H2,1-4H3/t23-,26-;22-,25-;;/m10../s1. The Morgan fingerprint density at radius 2 is 0.829 bits per heavy atom. The van der Waals surface area contributed by atoms with E-state index in [4.69, 9.17) is 60.0 Å². The smallest absolute Gasteiger partial charge is 0.337 e. The first-order valence-corrected chi connectivity index (χ1v) is 41.7. The average Bonchev–Trinajstić information content (AvgIpc) is 1.18. The molecule has 0 bridgehead atoms. The van der Waals surface area contributed by atoms with E-state index in [1.54, 1.807) is 104 Å². The number of non-ortho nitro benzene ring substituents is 2. The number of allylic oxidation sites excluding steroid dienone is 7. The number of carbonyl (C=O) groups is 9. The fourth-order valence-electron chi connectivity index (χ4n) is 16.2. The molecule has 682 valence electrons. The molecule has 2 fully saturated rings. The maximum Gasteiger partial charge on any atom is 0.337 e. The lowest BCUT2D eigenvalue weighted by Gasteiger charge is -2.34. The van der Waals surface area contributed by atoms with Gasteiger partial charge in [-0.2, -0.15) is 0 Å². The molecule has 6 aromatic carbocycles. The molecule has 6 aromatic rings. The molecule has 0 aliphatic carbocycles. The highest BCUT2D eigenvalue weighted by atomic mass is 35.5. The van der Waals surface area contributed by atoms with Crippen LogP contribution in [0.4, 0.5) is 17.1 Å². The van der Waals surface area contributed by atoms with E-state index in [1.165, 1.54) is 95.0 Å². The number of rotatable bonds is 28. The minimum absolute atomic E-state index is 0.00144. The van der Waals surface area contributed by atoms with Gasteiger partial charge >= 0.3 is 47.8 Å². The first kappa shape index (κ1) is 99.0. The highest BCUT2D eigenvalue weighted by Crippen LogP contribution is 2.47. The number of nitrogens with two attached hydrogens (primary N) is 1. The fraction of sp³-hybridized carbons (Fsp3) is 0.351. The number of hydrogen-bond acceptors (Lipinski definition) is 31. The van der Waals surface area contributed by atoms with Crippen LogP contribution in [0, 0.1) is 30.3 Å². The van der Waals surface area contributed by atoms with Crippen molar-refractivity contribution >= 4 is 82.2 Å². The number of nitrogens with one attached hydrogen (secondary N) is 4. The normalized spacial score (nSPS) is 18.6. The number of methoxy groups -OCH3 is 4. The molecule has 0 spiro atoms. The van der Waals surface area contributed by atoms with Crippen molar-refractivity contribution in [3.63, 3.8) is 0 Å². The molecule has 6 heterocycles. The predicted molar refractivity (Wildman–Crippen MR) is 473 cm³/mol. The Bertz CT molecular complexity index is 5540. The molecule has 6 aliphatic heterocycles. The molecular weight excluding hydrogens is 1690 g/mol. The molecule has 12 rings (SSSR count). The third-order valence-electron chi connectivity index (χ3n) is 21.8. The summed E-state index contributed by atoms with van der Waals surface area (Å²) in [4.78, 5) is 152. The topological polar surface area (TPSA) is 447 Å². The number of nitrogens with zero attached hydrogens (tertiary/aromatic N) is 5. The molecule has 6 aliphatic rings. The molecule has 34 nitrogen and oxygen atoms in total. The van der Waals surface area contributed by atoms with Gasteiger partial charge in [0.05, 0.1) is 137 Å². The maximum absolute atomic E-state index is 13.7. The molecule has 35 heteroatoms. The summed E-state index contributed by atoms with van der Waals surface area (Å²) in [6.07, 6.45) is 1.70. The van der Waals surface area contributed by atoms with E-state index in [-0.39, 0.29) is 92.8 Å². The largest absolute Gasteiger partial charge is 0.466 e. The van der Waals surface area contributed by atoms with Crippen LogP contribution in [0.1, 0.15) is 139 Å². The van der Waals surface area contributed by atoms with E-state index >= 15 is 0 Å². The van der Waals surface area contributed by atoms with Gasteiger partial charge in [0.25, 0.3) is 17.1 Å². The molecule has 2 unspecified atom stereocenters. The number of nitro benzene ring substituents is 3. The van der Waals surface area contributed by atoms with Crippen LogP contribution >= 0.6 is 11.6 Å². The molecule has 0 saturated carbocycles. The fourth-order valence-corrected chi connectivity index (χ4v) is 16.5. The van der Waals surface area contributed by atoms with Gasteiger partial charge in [-0.15, -0.1) is 0 Å². The van der Waals surface area contributed by atoms with E-state index in [0.717, 1.165) is 39.0 Å². The van der Waals surface area contributed by atoms with Crippen molar-refractivity contribution in [3.05, 3.63) is 317 Å². The number of esters is 8. The Labute approximate surface area is 750 Å². The van der Waals surface area contributed by atoms with Crippen molar-refractivity contribution in [2.24, 2.45) is 5.73 Å². The lowest BCUT2D eigenvalue weighted by molar-refractivity contribution is -0.385. The molecule has 0 radical (unpaired) electrons. The SMILES string of the molecule is CCOC(=O)C1=C(COCCN)NC(C)=C(C(=O)OC)C1c1ccccc1Cl.COC(=O)C1=C(C)NC(C)=C(C(=O)OCC(C)=O)C1c1ccccc1[N+](=O)[O-].COC(=O)C1=C(C)NC(C)=C(C(=O)O[C@@H]2CCCN(Cc3ccccc3)C2)[C@@H]1c1cccc([N+](=O)[O-])c1.COC(=O)C1=C(C)NC(C)=C(C(=O)O[C@H]2CCN(Cc3ccccc3)C2)[C@H]1c1cccc([N+](=O)[O-])c1. The first-order valence-electron chi connectivity index (χ1n) is 41.3. The number of benzene rings is 6. The van der Waals surface area contributed by atoms with E-state index in [0.29, 0.717) is 106 Å². The van der Waals surface area contributed by atoms with Crippen LogP contribution in [-0.4, -0.2) is 178 Å². The Hall–Kier alpha value is -13.8. The Morgan fingerprint density at radius 1 is 0.442 bits per heavy atom. The number of Topliss-reactive ketones (excluding diaryl/α,β-unsaturated/α-hetero) is 1. The monoisotopic (exact) mass is 1790 g/mol. The molecule has 0 aromatic heterocycles. The van der Waals surface area contributed by atoms with Gasteiger partial charge in [-0.05, 0) is 122 Å². The summed E-state index contributed by atoms with van der Waals surface area (Å²) in [5.74, 6) is -8.99. The zero-order chi connectivity index (χ0) is 94.0. The number of nitro groups is 3. The van der Waals surface area contributed by atoms with Gasteiger partial charge in [-0.3, -0.25) is 44.9 Å². The third kappa shape index (κ3) is 24.9. The van der Waals surface area contributed by atoms with E-state index in [2.05, 4.69) is 55.3 Å². The minimum Gasteiger partial charge on any atom is -0.466 e. The summed E-state index contributed by atoms with van der Waals surface area (Å²) in [6, 6.07) is 45.0. The maximum atomic E-state index is 13.7. The van der Waals surface area contributed by atoms with Crippen molar-refractivity contribution < 1.29 is 101 Å². The second-order valence-corrected chi connectivity index (χ2v) is 31.1. The minimum atomic E-state index is -1.09. The van der Waals surface area contributed by atoms with Crippen molar-refractivity contribution in [3.8, 4) is 0 Å². The molecule has 2 saturated heterocycles. The molecular formula is C94H105ClN10O24. The quantitative estimate of drug-likeness (QED) is 0.0100. The van der Waals surface area contributed by atoms with Crippen LogP contribution in [0.25, 0.3) is 0 Å². The van der Waals surface area contributed by atoms with Crippen LogP contribution < -0.4 is 27.0 Å². The van der Waals surface area contributed by atoms with Gasteiger partial charge in [-0.1, -0.05) is 133 Å². The van der Waals surface area contributed by atoms with Crippen LogP contribution in [0.3, 0.4) is 0 Å². The molecule has 0 amide bonds. The molecule has 6 atom stereocenters. The predicted octanol–water partition coefficient (Wildman–Crippen LogP) is 12.4. The summed E-state index contributed by atoms with van der Waals surface area (Å²) in [7, 11) is 4.99. The number of carbonyl (C=O) groups excluding carboxylic acids is 9. The summed E-state index contributed by atoms with van der Waals surface area (Å²) < 4.78 is 47.6. The van der Waals surface area contributed by atoms with Gasteiger partial charge < -0.3 is 69.6 Å². The Kier molecular flexibility index (Phi) is 35.8. The number of para-hydroxylation sites is 1. The Morgan fingerprint density at radius 3 is 1.26 bits per heavy atom. The number of ether oxygens (including phenoxy) is 9. The number of dihydropyridines is 4. The van der Waals surface area contributed by atoms with Crippen LogP contribution in [0.15, 0.2) is 248 Å². The summed E-state index contributed by atoms with van der Waals surface area (Å²) in [5.41, 5.74) is 14.4. The summed E-state index contributed by atoms with van der Waals surface area (Å²) >= 11 is 6.42. The number of likely N-dealkylation sites (tertiary alicyclic amines) is 2. The van der Waals surface area contributed by atoms with Gasteiger partial charge in [0.2, 0.25) is 0 Å². The number of hydrogen-bond donors (Lipinski definition) is 5. The lowest BCUT2D eigenvalue weighted by Crippen LogP contribution is -2.41. The van der Waals surface area contributed by atoms with Gasteiger partial charge in [0, 0.05) is 120 Å². The van der Waals surface area contributed by atoms with E-state index in [1.807, 2.05) is 36.4 Å². The number of ketones is 1. The van der Waals surface area contributed by atoms with Crippen molar-refractivity contribution in [2.45, 2.75) is 131 Å². The number of halogens is 1. The van der Waals surface area contributed by atoms with Crippen molar-refractivity contribution in [2.75, 3.05) is 87.6 Å². The summed E-state index contributed by atoms with van der Waals surface area (Å²) in [5, 5.41) is 47.1. The van der Waals surface area contributed by atoms with E-state index in [9.17, 15) is 73.5 Å². The average molecular weight is 1790 g/mol. The van der Waals surface area contributed by atoms with Gasteiger partial charge in [-0.25, -0.2) is 38.4 Å². The lowest BCUT2D eigenvalue weighted by atomic mass is 9.79.